The molecule has 0 saturated carbocycles. The van der Waals surface area contributed by atoms with Crippen molar-refractivity contribution in [2.45, 2.75) is 25.7 Å². The van der Waals surface area contributed by atoms with E-state index in [0.717, 1.165) is 30.2 Å². The Hall–Kier alpha value is -2.63. The molecule has 1 fully saturated rings. The van der Waals surface area contributed by atoms with Gasteiger partial charge in [-0.15, -0.1) is 10.2 Å². The highest BCUT2D eigenvalue weighted by Crippen LogP contribution is 2.24. The molecule has 0 unspecified atom stereocenters. The number of halogens is 2. The minimum Gasteiger partial charge on any atom is -0.355 e. The number of nitrogens with one attached hydrogen (secondary N) is 1. The lowest BCUT2D eigenvalue weighted by Gasteiger charge is -2.20. The molecule has 1 aromatic heterocycles. The van der Waals surface area contributed by atoms with Gasteiger partial charge in [-0.2, -0.15) is 0 Å². The van der Waals surface area contributed by atoms with Crippen LogP contribution < -0.4 is 10.2 Å². The standard InChI is InChI=1S/C23H22Cl2N4O/c24-17-7-10-20(25)19(15-17)23(30)26-18-8-5-16(6-9-18)21-11-12-22(28-27-21)29-13-3-1-2-4-14-29/h5-12,15H,1-4,13-14H2,(H,26,30). The second kappa shape index (κ2) is 9.45. The van der Waals surface area contributed by atoms with Crippen LogP contribution in [0.15, 0.2) is 54.6 Å². The fourth-order valence-corrected chi connectivity index (χ4v) is 3.92. The van der Waals surface area contributed by atoms with E-state index in [1.165, 1.54) is 25.7 Å². The largest absolute Gasteiger partial charge is 0.355 e. The lowest BCUT2D eigenvalue weighted by Crippen LogP contribution is -2.25. The van der Waals surface area contributed by atoms with Crippen molar-refractivity contribution in [2.24, 2.45) is 0 Å². The minimum absolute atomic E-state index is 0.308. The zero-order valence-corrected chi connectivity index (χ0v) is 18.0. The number of hydrogen-bond donors (Lipinski definition) is 1. The predicted octanol–water partition coefficient (Wildman–Crippen LogP) is 6.08. The van der Waals surface area contributed by atoms with Gasteiger partial charge in [0, 0.05) is 29.4 Å². The number of amides is 1. The van der Waals surface area contributed by atoms with Crippen LogP contribution in [0, 0.1) is 0 Å². The zero-order valence-electron chi connectivity index (χ0n) is 16.4. The van der Waals surface area contributed by atoms with Gasteiger partial charge < -0.3 is 10.2 Å². The van der Waals surface area contributed by atoms with Gasteiger partial charge in [-0.3, -0.25) is 4.79 Å². The molecular formula is C23H22Cl2N4O. The van der Waals surface area contributed by atoms with Gasteiger partial charge in [-0.1, -0.05) is 48.2 Å². The minimum atomic E-state index is -0.308. The van der Waals surface area contributed by atoms with Gasteiger partial charge in [0.25, 0.3) is 5.91 Å². The Labute approximate surface area is 186 Å². The van der Waals surface area contributed by atoms with E-state index in [4.69, 9.17) is 23.2 Å². The van der Waals surface area contributed by atoms with E-state index >= 15 is 0 Å². The van der Waals surface area contributed by atoms with E-state index in [1.54, 1.807) is 18.2 Å². The van der Waals surface area contributed by atoms with Crippen molar-refractivity contribution in [3.05, 3.63) is 70.2 Å². The Bertz CT molecular complexity index is 1010. The highest BCUT2D eigenvalue weighted by atomic mass is 35.5. The van der Waals surface area contributed by atoms with Crippen LogP contribution in [-0.4, -0.2) is 29.2 Å². The summed E-state index contributed by atoms with van der Waals surface area (Å²) in [6.07, 6.45) is 4.98. The summed E-state index contributed by atoms with van der Waals surface area (Å²) in [6.45, 7) is 2.08. The van der Waals surface area contributed by atoms with Crippen molar-refractivity contribution >= 4 is 40.6 Å². The second-order valence-corrected chi connectivity index (χ2v) is 8.18. The molecule has 30 heavy (non-hydrogen) atoms. The van der Waals surface area contributed by atoms with Crippen LogP contribution in [0.2, 0.25) is 10.0 Å². The molecule has 5 nitrogen and oxygen atoms in total. The van der Waals surface area contributed by atoms with Crippen molar-refractivity contribution < 1.29 is 4.79 Å². The third kappa shape index (κ3) is 4.91. The van der Waals surface area contributed by atoms with Gasteiger partial charge in [-0.05, 0) is 55.3 Å². The van der Waals surface area contributed by atoms with E-state index in [2.05, 4.69) is 20.4 Å². The molecule has 0 aliphatic carbocycles. The summed E-state index contributed by atoms with van der Waals surface area (Å²) < 4.78 is 0. The summed E-state index contributed by atoms with van der Waals surface area (Å²) >= 11 is 12.1. The lowest BCUT2D eigenvalue weighted by atomic mass is 10.1. The summed E-state index contributed by atoms with van der Waals surface area (Å²) in [5.41, 5.74) is 2.73. The average molecular weight is 441 g/mol. The van der Waals surface area contributed by atoms with Crippen LogP contribution in [0.3, 0.4) is 0 Å². The maximum atomic E-state index is 12.5. The van der Waals surface area contributed by atoms with Crippen LogP contribution in [-0.2, 0) is 0 Å². The van der Waals surface area contributed by atoms with Crippen LogP contribution in [0.1, 0.15) is 36.0 Å². The van der Waals surface area contributed by atoms with Crippen LogP contribution >= 0.6 is 23.2 Å². The molecule has 154 valence electrons. The Morgan fingerprint density at radius 1 is 0.867 bits per heavy atom. The summed E-state index contributed by atoms with van der Waals surface area (Å²) in [5, 5.41) is 12.5. The molecule has 1 aliphatic heterocycles. The first-order valence-corrected chi connectivity index (χ1v) is 10.8. The molecule has 3 aromatic rings. The van der Waals surface area contributed by atoms with E-state index in [0.29, 0.717) is 21.3 Å². The Morgan fingerprint density at radius 3 is 2.27 bits per heavy atom. The quantitative estimate of drug-likeness (QED) is 0.533. The van der Waals surface area contributed by atoms with E-state index in [9.17, 15) is 4.79 Å². The normalized spacial score (nSPS) is 14.3. The molecule has 0 spiro atoms. The third-order valence-electron chi connectivity index (χ3n) is 5.19. The molecule has 7 heteroatoms. The van der Waals surface area contributed by atoms with Gasteiger partial charge >= 0.3 is 0 Å². The molecule has 0 bridgehead atoms. The summed E-state index contributed by atoms with van der Waals surface area (Å²) in [5.74, 6) is 0.625. The Balaban J connectivity index is 1.44. The first kappa shape index (κ1) is 20.6. The maximum absolute atomic E-state index is 12.5. The van der Waals surface area contributed by atoms with Gasteiger partial charge in [-0.25, -0.2) is 0 Å². The molecule has 0 radical (unpaired) electrons. The Morgan fingerprint density at radius 2 is 1.60 bits per heavy atom. The molecule has 1 saturated heterocycles. The molecule has 1 N–H and O–H groups in total. The molecule has 2 heterocycles. The van der Waals surface area contributed by atoms with Gasteiger partial charge in [0.05, 0.1) is 16.3 Å². The van der Waals surface area contributed by atoms with Crippen molar-refractivity contribution in [1.82, 2.24) is 10.2 Å². The first-order valence-electron chi connectivity index (χ1n) is 10.1. The molecule has 4 rings (SSSR count). The zero-order chi connectivity index (χ0) is 20.9. The average Bonchev–Trinajstić information content (AvgIpc) is 3.06. The number of rotatable bonds is 4. The molecule has 1 aliphatic rings. The maximum Gasteiger partial charge on any atom is 0.257 e. The number of benzene rings is 2. The molecule has 0 atom stereocenters. The number of carbonyl (C=O) groups is 1. The fourth-order valence-electron chi connectivity index (χ4n) is 3.54. The molecule has 1 amide bonds. The molecular weight excluding hydrogens is 419 g/mol. The smallest absolute Gasteiger partial charge is 0.257 e. The van der Waals surface area contributed by atoms with Crippen LogP contribution in [0.25, 0.3) is 11.3 Å². The van der Waals surface area contributed by atoms with Crippen molar-refractivity contribution in [3.8, 4) is 11.3 Å². The summed E-state index contributed by atoms with van der Waals surface area (Å²) in [6, 6.07) is 16.3. The third-order valence-corrected chi connectivity index (χ3v) is 5.76. The number of nitrogens with zero attached hydrogens (tertiary/aromatic N) is 3. The van der Waals surface area contributed by atoms with Crippen molar-refractivity contribution in [1.29, 1.82) is 0 Å². The van der Waals surface area contributed by atoms with Crippen molar-refractivity contribution in [2.75, 3.05) is 23.3 Å². The van der Waals surface area contributed by atoms with E-state index < -0.39 is 0 Å². The van der Waals surface area contributed by atoms with E-state index in [1.807, 2.05) is 36.4 Å². The van der Waals surface area contributed by atoms with Gasteiger partial charge in [0.2, 0.25) is 0 Å². The second-order valence-electron chi connectivity index (χ2n) is 7.33. The van der Waals surface area contributed by atoms with Crippen LogP contribution in [0.5, 0.6) is 0 Å². The molecule has 2 aromatic carbocycles. The number of anilines is 2. The summed E-state index contributed by atoms with van der Waals surface area (Å²) in [4.78, 5) is 14.8. The summed E-state index contributed by atoms with van der Waals surface area (Å²) in [7, 11) is 0. The predicted molar refractivity (Wildman–Crippen MR) is 123 cm³/mol. The Kier molecular flexibility index (Phi) is 6.50. The van der Waals surface area contributed by atoms with E-state index in [-0.39, 0.29) is 5.91 Å². The van der Waals surface area contributed by atoms with Crippen molar-refractivity contribution in [3.63, 3.8) is 0 Å². The van der Waals surface area contributed by atoms with Crippen LogP contribution in [0.4, 0.5) is 11.5 Å². The topological polar surface area (TPSA) is 58.1 Å². The lowest BCUT2D eigenvalue weighted by molar-refractivity contribution is 0.102. The number of carbonyl (C=O) groups excluding carboxylic acids is 1. The van der Waals surface area contributed by atoms with Gasteiger partial charge in [0.1, 0.15) is 0 Å². The number of aromatic nitrogens is 2. The monoisotopic (exact) mass is 440 g/mol. The highest BCUT2D eigenvalue weighted by Gasteiger charge is 2.13. The first-order chi connectivity index (χ1) is 14.6. The fraction of sp³-hybridized carbons (Fsp3) is 0.261. The SMILES string of the molecule is O=C(Nc1ccc(-c2ccc(N3CCCCCC3)nn2)cc1)c1cc(Cl)ccc1Cl. The number of hydrogen-bond acceptors (Lipinski definition) is 4. The van der Waals surface area contributed by atoms with Gasteiger partial charge in [0.15, 0.2) is 5.82 Å². The highest BCUT2D eigenvalue weighted by molar-refractivity contribution is 6.36.